The maximum Gasteiger partial charge on any atom is 0.244 e. The normalized spacial score (nSPS) is 26.4. The van der Waals surface area contributed by atoms with E-state index in [0.717, 1.165) is 17.9 Å². The first-order valence-electron chi connectivity index (χ1n) is 9.16. The molecule has 1 amide bonds. The van der Waals surface area contributed by atoms with Crippen molar-refractivity contribution in [3.05, 3.63) is 29.8 Å². The van der Waals surface area contributed by atoms with Crippen LogP contribution in [0.2, 0.25) is 0 Å². The number of aryl methyl sites for hydroxylation is 1. The van der Waals surface area contributed by atoms with Gasteiger partial charge in [-0.25, -0.2) is 8.42 Å². The van der Waals surface area contributed by atoms with Gasteiger partial charge in [-0.2, -0.15) is 0 Å². The van der Waals surface area contributed by atoms with Crippen LogP contribution < -0.4 is 9.62 Å². The molecule has 25 heavy (non-hydrogen) atoms. The number of rotatable bonds is 6. The van der Waals surface area contributed by atoms with E-state index in [-0.39, 0.29) is 11.9 Å². The number of nitrogens with one attached hydrogen (secondary N) is 1. The summed E-state index contributed by atoms with van der Waals surface area (Å²) in [5.41, 5.74) is 1.60. The first kappa shape index (κ1) is 18.2. The summed E-state index contributed by atoms with van der Waals surface area (Å²) in [4.78, 5) is 12.9. The summed E-state index contributed by atoms with van der Waals surface area (Å²) in [6.45, 7) is 3.81. The number of anilines is 1. The molecule has 2 bridgehead atoms. The SMILES string of the molecule is CC[C@@H](C(=O)N[C@H]1C[C@H]2CC[C@H]1C2)N(c1ccc(C)cc1)S(C)(=O)=O. The lowest BCUT2D eigenvalue weighted by molar-refractivity contribution is -0.123. The fourth-order valence-electron chi connectivity index (χ4n) is 4.45. The summed E-state index contributed by atoms with van der Waals surface area (Å²) in [5.74, 6) is 1.13. The number of carbonyl (C=O) groups excluding carboxylic acids is 1. The van der Waals surface area contributed by atoms with Crippen LogP contribution in [0.25, 0.3) is 0 Å². The Labute approximate surface area is 150 Å². The predicted octanol–water partition coefficient (Wildman–Crippen LogP) is 2.84. The fourth-order valence-corrected chi connectivity index (χ4v) is 5.66. The van der Waals surface area contributed by atoms with Crippen LogP contribution >= 0.6 is 0 Å². The number of amides is 1. The number of hydrogen-bond donors (Lipinski definition) is 1. The van der Waals surface area contributed by atoms with E-state index < -0.39 is 16.1 Å². The van der Waals surface area contributed by atoms with Gasteiger partial charge in [-0.05, 0) is 56.6 Å². The van der Waals surface area contributed by atoms with Crippen molar-refractivity contribution in [2.75, 3.05) is 10.6 Å². The molecule has 2 aliphatic rings. The highest BCUT2D eigenvalue weighted by atomic mass is 32.2. The van der Waals surface area contributed by atoms with Crippen molar-refractivity contribution in [3.8, 4) is 0 Å². The van der Waals surface area contributed by atoms with Gasteiger partial charge in [0.25, 0.3) is 0 Å². The van der Waals surface area contributed by atoms with Crippen molar-refractivity contribution >= 4 is 21.6 Å². The number of sulfonamides is 1. The Kier molecular flexibility index (Phi) is 5.09. The molecule has 0 aromatic heterocycles. The number of carbonyl (C=O) groups is 1. The second kappa shape index (κ2) is 6.98. The van der Waals surface area contributed by atoms with E-state index in [1.807, 2.05) is 26.0 Å². The third-order valence-electron chi connectivity index (χ3n) is 5.68. The summed E-state index contributed by atoms with van der Waals surface area (Å²) >= 11 is 0. The summed E-state index contributed by atoms with van der Waals surface area (Å²) in [6, 6.07) is 6.77. The summed E-state index contributed by atoms with van der Waals surface area (Å²) in [7, 11) is -3.56. The van der Waals surface area contributed by atoms with Crippen molar-refractivity contribution in [1.82, 2.24) is 5.32 Å². The van der Waals surface area contributed by atoms with Gasteiger partial charge in [0.15, 0.2) is 0 Å². The van der Waals surface area contributed by atoms with Crippen LogP contribution in [0.4, 0.5) is 5.69 Å². The van der Waals surface area contributed by atoms with Crippen molar-refractivity contribution in [3.63, 3.8) is 0 Å². The molecule has 0 saturated heterocycles. The van der Waals surface area contributed by atoms with E-state index in [0.29, 0.717) is 18.0 Å². The first-order valence-corrected chi connectivity index (χ1v) is 11.0. The minimum atomic E-state index is -3.56. The molecule has 0 spiro atoms. The Morgan fingerprint density at radius 2 is 1.92 bits per heavy atom. The van der Waals surface area contributed by atoms with Crippen LogP contribution in [0.15, 0.2) is 24.3 Å². The van der Waals surface area contributed by atoms with Gasteiger partial charge in [-0.15, -0.1) is 0 Å². The molecule has 0 radical (unpaired) electrons. The van der Waals surface area contributed by atoms with Crippen LogP contribution in [0.1, 0.15) is 44.6 Å². The number of benzene rings is 1. The zero-order valence-electron chi connectivity index (χ0n) is 15.2. The lowest BCUT2D eigenvalue weighted by Crippen LogP contribution is -2.52. The third kappa shape index (κ3) is 3.84. The fraction of sp³-hybridized carbons (Fsp3) is 0.632. The average Bonchev–Trinajstić information content (AvgIpc) is 3.15. The molecule has 2 fully saturated rings. The molecule has 0 unspecified atom stereocenters. The maximum atomic E-state index is 12.9. The Morgan fingerprint density at radius 1 is 1.24 bits per heavy atom. The number of nitrogens with zero attached hydrogens (tertiary/aromatic N) is 1. The molecule has 5 nitrogen and oxygen atoms in total. The highest BCUT2D eigenvalue weighted by Crippen LogP contribution is 2.44. The smallest absolute Gasteiger partial charge is 0.244 e. The molecule has 0 heterocycles. The van der Waals surface area contributed by atoms with Crippen molar-refractivity contribution in [2.45, 2.75) is 58.0 Å². The molecule has 2 aliphatic carbocycles. The highest BCUT2D eigenvalue weighted by molar-refractivity contribution is 7.92. The summed E-state index contributed by atoms with van der Waals surface area (Å²) in [5, 5.41) is 3.15. The molecule has 2 saturated carbocycles. The van der Waals surface area contributed by atoms with E-state index in [1.165, 1.54) is 29.8 Å². The predicted molar refractivity (Wildman–Crippen MR) is 100.0 cm³/mol. The van der Waals surface area contributed by atoms with Gasteiger partial charge in [0.2, 0.25) is 15.9 Å². The Bertz CT molecular complexity index is 730. The number of fused-ring (bicyclic) bond motifs is 2. The molecular weight excluding hydrogens is 336 g/mol. The second-order valence-electron chi connectivity index (χ2n) is 7.61. The van der Waals surface area contributed by atoms with E-state index in [4.69, 9.17) is 0 Å². The average molecular weight is 365 g/mol. The molecular formula is C19H28N2O3S. The van der Waals surface area contributed by atoms with Crippen LogP contribution in [0.5, 0.6) is 0 Å². The van der Waals surface area contributed by atoms with Crippen LogP contribution in [0.3, 0.4) is 0 Å². The molecule has 6 heteroatoms. The Morgan fingerprint density at radius 3 is 2.40 bits per heavy atom. The zero-order valence-corrected chi connectivity index (χ0v) is 16.1. The molecule has 138 valence electrons. The first-order chi connectivity index (χ1) is 11.8. The summed E-state index contributed by atoms with van der Waals surface area (Å²) in [6.07, 6.45) is 6.30. The largest absolute Gasteiger partial charge is 0.351 e. The Hall–Kier alpha value is -1.56. The zero-order chi connectivity index (χ0) is 18.2. The van der Waals surface area contributed by atoms with E-state index >= 15 is 0 Å². The monoisotopic (exact) mass is 364 g/mol. The van der Waals surface area contributed by atoms with Gasteiger partial charge >= 0.3 is 0 Å². The molecule has 3 rings (SSSR count). The lowest BCUT2D eigenvalue weighted by Gasteiger charge is -2.32. The second-order valence-corrected chi connectivity index (χ2v) is 9.47. The van der Waals surface area contributed by atoms with Crippen molar-refractivity contribution < 1.29 is 13.2 Å². The summed E-state index contributed by atoms with van der Waals surface area (Å²) < 4.78 is 26.1. The quantitative estimate of drug-likeness (QED) is 0.844. The lowest BCUT2D eigenvalue weighted by atomic mass is 9.95. The molecule has 4 atom stereocenters. The van der Waals surface area contributed by atoms with Gasteiger partial charge in [-0.1, -0.05) is 31.0 Å². The van der Waals surface area contributed by atoms with Crippen LogP contribution in [-0.4, -0.2) is 32.7 Å². The topological polar surface area (TPSA) is 66.5 Å². The minimum Gasteiger partial charge on any atom is -0.351 e. The molecule has 1 N–H and O–H groups in total. The van der Waals surface area contributed by atoms with Gasteiger partial charge < -0.3 is 5.32 Å². The molecule has 1 aromatic rings. The minimum absolute atomic E-state index is 0.175. The van der Waals surface area contributed by atoms with E-state index in [2.05, 4.69) is 5.32 Å². The van der Waals surface area contributed by atoms with Crippen molar-refractivity contribution in [1.29, 1.82) is 0 Å². The standard InChI is InChI=1S/C19H28N2O3S/c1-4-18(19(22)20-17-12-14-7-8-15(17)11-14)21(25(3,23)24)16-9-5-13(2)6-10-16/h5-6,9-10,14-15,17-18H,4,7-8,11-12H2,1-3H3,(H,20,22)/t14-,15-,17-,18-/m0/s1. The maximum absolute atomic E-state index is 12.9. The molecule has 1 aromatic carbocycles. The van der Waals surface area contributed by atoms with Gasteiger partial charge in [0, 0.05) is 6.04 Å². The van der Waals surface area contributed by atoms with Gasteiger partial charge in [0.1, 0.15) is 6.04 Å². The third-order valence-corrected chi connectivity index (χ3v) is 6.86. The van der Waals surface area contributed by atoms with Crippen LogP contribution in [-0.2, 0) is 14.8 Å². The van der Waals surface area contributed by atoms with E-state index in [9.17, 15) is 13.2 Å². The van der Waals surface area contributed by atoms with Gasteiger partial charge in [0.05, 0.1) is 11.9 Å². The van der Waals surface area contributed by atoms with Crippen LogP contribution in [0, 0.1) is 18.8 Å². The number of hydrogen-bond acceptors (Lipinski definition) is 3. The van der Waals surface area contributed by atoms with E-state index in [1.54, 1.807) is 12.1 Å². The van der Waals surface area contributed by atoms with Gasteiger partial charge in [-0.3, -0.25) is 9.10 Å². The Balaban J connectivity index is 1.82. The highest BCUT2D eigenvalue weighted by Gasteiger charge is 2.41. The molecule has 0 aliphatic heterocycles. The van der Waals surface area contributed by atoms with Crippen molar-refractivity contribution in [2.24, 2.45) is 11.8 Å².